The van der Waals surface area contributed by atoms with E-state index in [1.54, 1.807) is 7.11 Å². The summed E-state index contributed by atoms with van der Waals surface area (Å²) in [4.78, 5) is 14.5. The van der Waals surface area contributed by atoms with E-state index < -0.39 is 0 Å². The second-order valence-electron chi connectivity index (χ2n) is 8.11. The Bertz CT molecular complexity index is 1010. The highest BCUT2D eigenvalue weighted by atomic mass is 16.5. The Hall–Kier alpha value is -2.51. The van der Waals surface area contributed by atoms with Gasteiger partial charge in [0.15, 0.2) is 11.5 Å². The highest BCUT2D eigenvalue weighted by Crippen LogP contribution is 2.29. The Morgan fingerprint density at radius 2 is 1.86 bits per heavy atom. The minimum absolute atomic E-state index is 0.414. The number of hydrogen-bond acceptors (Lipinski definition) is 6. The number of piperidine rings is 1. The number of aromatic nitrogens is 4. The molecule has 29 heavy (non-hydrogen) atoms. The van der Waals surface area contributed by atoms with Crippen LogP contribution in [0.4, 0.5) is 5.82 Å². The number of rotatable bonds is 4. The van der Waals surface area contributed by atoms with Crippen LogP contribution in [0.25, 0.3) is 11.0 Å². The number of aryl methyl sites for hydroxylation is 1. The molecule has 5 rings (SSSR count). The van der Waals surface area contributed by atoms with Crippen molar-refractivity contribution in [3.05, 3.63) is 47.4 Å². The van der Waals surface area contributed by atoms with E-state index in [1.807, 2.05) is 17.9 Å². The molecule has 4 heterocycles. The van der Waals surface area contributed by atoms with Crippen molar-refractivity contribution in [2.45, 2.75) is 38.5 Å². The van der Waals surface area contributed by atoms with Gasteiger partial charge in [0.05, 0.1) is 11.6 Å². The third kappa shape index (κ3) is 3.49. The van der Waals surface area contributed by atoms with Gasteiger partial charge in [-0.25, -0.2) is 9.97 Å². The molecular weight excluding hydrogens is 364 g/mol. The molecule has 0 atom stereocenters. The summed E-state index contributed by atoms with van der Waals surface area (Å²) in [6, 6.07) is 9.53. The van der Waals surface area contributed by atoms with Gasteiger partial charge < -0.3 is 9.64 Å². The summed E-state index contributed by atoms with van der Waals surface area (Å²) < 4.78 is 7.10. The van der Waals surface area contributed by atoms with Crippen LogP contribution in [0, 0.1) is 0 Å². The molecule has 0 N–H and O–H groups in total. The molecule has 3 aromatic rings. The SMILES string of the molecule is COCc1nc(N2CCC(N3CCc4ccccc4C3)CC2)c2cnn(C)c2n1. The predicted molar refractivity (Wildman–Crippen MR) is 113 cm³/mol. The number of benzene rings is 1. The molecule has 7 nitrogen and oxygen atoms in total. The quantitative estimate of drug-likeness (QED) is 0.680. The first-order chi connectivity index (χ1) is 14.2. The first-order valence-corrected chi connectivity index (χ1v) is 10.5. The molecule has 0 amide bonds. The summed E-state index contributed by atoms with van der Waals surface area (Å²) in [5.74, 6) is 1.71. The van der Waals surface area contributed by atoms with E-state index in [4.69, 9.17) is 9.72 Å². The molecule has 0 saturated carbocycles. The molecule has 1 aromatic carbocycles. The van der Waals surface area contributed by atoms with Gasteiger partial charge in [0, 0.05) is 46.4 Å². The van der Waals surface area contributed by atoms with Crippen LogP contribution < -0.4 is 4.90 Å². The second-order valence-corrected chi connectivity index (χ2v) is 8.11. The Labute approximate surface area is 171 Å². The Kier molecular flexibility index (Phi) is 4.93. The summed E-state index contributed by atoms with van der Waals surface area (Å²) >= 11 is 0. The molecule has 152 valence electrons. The number of fused-ring (bicyclic) bond motifs is 2. The molecule has 1 fully saturated rings. The number of hydrogen-bond donors (Lipinski definition) is 0. The Morgan fingerprint density at radius 3 is 2.66 bits per heavy atom. The van der Waals surface area contributed by atoms with Crippen molar-refractivity contribution < 1.29 is 4.74 Å². The van der Waals surface area contributed by atoms with Crippen molar-refractivity contribution >= 4 is 16.9 Å². The van der Waals surface area contributed by atoms with Crippen molar-refractivity contribution in [2.24, 2.45) is 7.05 Å². The maximum absolute atomic E-state index is 5.28. The lowest BCUT2D eigenvalue weighted by atomic mass is 9.95. The highest BCUT2D eigenvalue weighted by molar-refractivity contribution is 5.87. The fraction of sp³-hybridized carbons (Fsp3) is 0.500. The summed E-state index contributed by atoms with van der Waals surface area (Å²) in [7, 11) is 3.61. The van der Waals surface area contributed by atoms with E-state index in [0.717, 1.165) is 49.3 Å². The molecule has 2 aliphatic rings. The number of nitrogens with zero attached hydrogens (tertiary/aromatic N) is 6. The third-order valence-corrected chi connectivity index (χ3v) is 6.33. The molecule has 0 aliphatic carbocycles. The molecule has 7 heteroatoms. The zero-order chi connectivity index (χ0) is 19.8. The monoisotopic (exact) mass is 392 g/mol. The average Bonchev–Trinajstić information content (AvgIpc) is 3.14. The van der Waals surface area contributed by atoms with E-state index in [0.29, 0.717) is 18.5 Å². The van der Waals surface area contributed by atoms with Gasteiger partial charge in [0.2, 0.25) is 0 Å². The lowest BCUT2D eigenvalue weighted by molar-refractivity contribution is 0.153. The van der Waals surface area contributed by atoms with Crippen molar-refractivity contribution in [3.63, 3.8) is 0 Å². The van der Waals surface area contributed by atoms with Crippen LogP contribution in [0.3, 0.4) is 0 Å². The van der Waals surface area contributed by atoms with Crippen LogP contribution in [0.15, 0.2) is 30.5 Å². The van der Waals surface area contributed by atoms with Gasteiger partial charge in [-0.3, -0.25) is 9.58 Å². The van der Waals surface area contributed by atoms with Gasteiger partial charge >= 0.3 is 0 Å². The molecule has 0 radical (unpaired) electrons. The topological polar surface area (TPSA) is 59.3 Å². The Morgan fingerprint density at radius 1 is 1.07 bits per heavy atom. The van der Waals surface area contributed by atoms with Gasteiger partial charge in [0.25, 0.3) is 0 Å². The molecule has 0 spiro atoms. The smallest absolute Gasteiger partial charge is 0.163 e. The van der Waals surface area contributed by atoms with Crippen molar-refractivity contribution in [1.29, 1.82) is 0 Å². The minimum atomic E-state index is 0.414. The molecule has 0 bridgehead atoms. The van der Waals surface area contributed by atoms with E-state index in [9.17, 15) is 0 Å². The normalized spacial score (nSPS) is 18.3. The number of anilines is 1. The third-order valence-electron chi connectivity index (χ3n) is 6.33. The first kappa shape index (κ1) is 18.5. The van der Waals surface area contributed by atoms with E-state index in [2.05, 4.69) is 44.1 Å². The fourth-order valence-electron chi connectivity index (χ4n) is 4.76. The lowest BCUT2D eigenvalue weighted by Gasteiger charge is -2.41. The van der Waals surface area contributed by atoms with Crippen LogP contribution in [-0.4, -0.2) is 57.4 Å². The van der Waals surface area contributed by atoms with Crippen molar-refractivity contribution in [3.8, 4) is 0 Å². The van der Waals surface area contributed by atoms with Crippen molar-refractivity contribution in [1.82, 2.24) is 24.6 Å². The van der Waals surface area contributed by atoms with Crippen molar-refractivity contribution in [2.75, 3.05) is 31.6 Å². The minimum Gasteiger partial charge on any atom is -0.377 e. The molecule has 2 aromatic heterocycles. The molecule has 2 aliphatic heterocycles. The zero-order valence-electron chi connectivity index (χ0n) is 17.2. The Balaban J connectivity index is 1.32. The maximum Gasteiger partial charge on any atom is 0.163 e. The van der Waals surface area contributed by atoms with Gasteiger partial charge in [-0.15, -0.1) is 0 Å². The van der Waals surface area contributed by atoms with E-state index >= 15 is 0 Å². The van der Waals surface area contributed by atoms with Crippen LogP contribution >= 0.6 is 0 Å². The lowest BCUT2D eigenvalue weighted by Crippen LogP contribution is -2.46. The molecule has 0 unspecified atom stereocenters. The van der Waals surface area contributed by atoms with E-state index in [1.165, 1.54) is 24.1 Å². The van der Waals surface area contributed by atoms with Crippen LogP contribution in [0.2, 0.25) is 0 Å². The maximum atomic E-state index is 5.28. The van der Waals surface area contributed by atoms with E-state index in [-0.39, 0.29) is 0 Å². The van der Waals surface area contributed by atoms with Gasteiger partial charge in [-0.2, -0.15) is 5.10 Å². The second kappa shape index (κ2) is 7.72. The molecule has 1 saturated heterocycles. The largest absolute Gasteiger partial charge is 0.377 e. The predicted octanol–water partition coefficient (Wildman–Crippen LogP) is 2.54. The van der Waals surface area contributed by atoms with Gasteiger partial charge in [-0.1, -0.05) is 24.3 Å². The molecular formula is C22H28N6O. The van der Waals surface area contributed by atoms with Crippen LogP contribution in [0.1, 0.15) is 29.8 Å². The number of methoxy groups -OCH3 is 1. The summed E-state index contributed by atoms with van der Waals surface area (Å²) in [5.41, 5.74) is 3.89. The first-order valence-electron chi connectivity index (χ1n) is 10.5. The van der Waals surface area contributed by atoms with Crippen LogP contribution in [-0.2, 0) is 31.4 Å². The number of ether oxygens (including phenoxy) is 1. The summed E-state index contributed by atoms with van der Waals surface area (Å²) in [6.45, 7) is 4.68. The highest BCUT2D eigenvalue weighted by Gasteiger charge is 2.29. The summed E-state index contributed by atoms with van der Waals surface area (Å²) in [5, 5.41) is 5.43. The van der Waals surface area contributed by atoms with Gasteiger partial charge in [0.1, 0.15) is 12.4 Å². The average molecular weight is 393 g/mol. The zero-order valence-corrected chi connectivity index (χ0v) is 17.2. The standard InChI is InChI=1S/C22H28N6O/c1-26-21-19(13-23-26)22(25-20(24-21)15-29-2)27-11-8-18(9-12-27)28-10-7-16-5-3-4-6-17(16)14-28/h3-6,13,18H,7-12,14-15H2,1-2H3. The van der Waals surface area contributed by atoms with Crippen LogP contribution in [0.5, 0.6) is 0 Å². The fourth-order valence-corrected chi connectivity index (χ4v) is 4.76. The summed E-state index contributed by atoms with van der Waals surface area (Å²) in [6.07, 6.45) is 5.37. The van der Waals surface area contributed by atoms with Gasteiger partial charge in [-0.05, 0) is 30.4 Å².